The quantitative estimate of drug-likeness (QED) is 0.822. The van der Waals surface area contributed by atoms with Crippen LogP contribution in [-0.2, 0) is 6.54 Å². The van der Waals surface area contributed by atoms with Crippen LogP contribution in [0.4, 0.5) is 0 Å². The molecule has 16 heavy (non-hydrogen) atoms. The van der Waals surface area contributed by atoms with Crippen LogP contribution in [-0.4, -0.2) is 18.0 Å². The summed E-state index contributed by atoms with van der Waals surface area (Å²) in [4.78, 5) is 2.65. The minimum atomic E-state index is 0.650. The maximum absolute atomic E-state index is 5.63. The summed E-state index contributed by atoms with van der Waals surface area (Å²) >= 11 is 0. The highest BCUT2D eigenvalue weighted by Gasteiger charge is 2.33. The molecule has 86 valence electrons. The van der Waals surface area contributed by atoms with Crippen molar-refractivity contribution in [2.45, 2.75) is 31.8 Å². The summed E-state index contributed by atoms with van der Waals surface area (Å²) in [6, 6.07) is 9.58. The minimum Gasteiger partial charge on any atom is -0.326 e. The van der Waals surface area contributed by atoms with E-state index < -0.39 is 0 Å². The highest BCUT2D eigenvalue weighted by atomic mass is 15.2. The van der Waals surface area contributed by atoms with Crippen LogP contribution in [0.1, 0.15) is 36.4 Å². The molecule has 4 rings (SSSR count). The van der Waals surface area contributed by atoms with Crippen LogP contribution in [0.3, 0.4) is 0 Å². The Kier molecular flexibility index (Phi) is 2.70. The zero-order valence-corrected chi connectivity index (χ0v) is 9.73. The van der Waals surface area contributed by atoms with E-state index in [1.165, 1.54) is 43.5 Å². The monoisotopic (exact) mass is 216 g/mol. The van der Waals surface area contributed by atoms with Crippen LogP contribution in [0.25, 0.3) is 0 Å². The first-order valence-corrected chi connectivity index (χ1v) is 6.40. The number of piperidine rings is 3. The van der Waals surface area contributed by atoms with Crippen molar-refractivity contribution < 1.29 is 0 Å². The molecule has 2 N–H and O–H groups in total. The van der Waals surface area contributed by atoms with Gasteiger partial charge in [0.25, 0.3) is 0 Å². The SMILES string of the molecule is NCc1ccc([C@@H]2CC3CCN2CC3)cc1. The van der Waals surface area contributed by atoms with E-state index in [-0.39, 0.29) is 0 Å². The molecule has 1 aromatic rings. The summed E-state index contributed by atoms with van der Waals surface area (Å²) in [5.41, 5.74) is 8.35. The van der Waals surface area contributed by atoms with Crippen molar-refractivity contribution in [3.8, 4) is 0 Å². The zero-order valence-electron chi connectivity index (χ0n) is 9.73. The highest BCUT2D eigenvalue weighted by Crippen LogP contribution is 2.40. The first kappa shape index (κ1) is 10.3. The summed E-state index contributed by atoms with van der Waals surface area (Å²) in [5.74, 6) is 0.976. The first-order valence-electron chi connectivity index (χ1n) is 6.40. The van der Waals surface area contributed by atoms with Gasteiger partial charge in [-0.25, -0.2) is 0 Å². The molecule has 3 fully saturated rings. The fourth-order valence-corrected chi connectivity index (χ4v) is 3.19. The molecular formula is C14H20N2. The van der Waals surface area contributed by atoms with E-state index in [0.717, 1.165) is 5.92 Å². The van der Waals surface area contributed by atoms with E-state index in [2.05, 4.69) is 29.2 Å². The lowest BCUT2D eigenvalue weighted by Gasteiger charge is -2.45. The normalized spacial score (nSPS) is 32.9. The molecule has 0 unspecified atom stereocenters. The largest absolute Gasteiger partial charge is 0.326 e. The van der Waals surface area contributed by atoms with E-state index >= 15 is 0 Å². The predicted molar refractivity (Wildman–Crippen MR) is 66.0 cm³/mol. The number of benzene rings is 1. The van der Waals surface area contributed by atoms with Crippen molar-refractivity contribution in [3.05, 3.63) is 35.4 Å². The Balaban J connectivity index is 1.81. The number of fused-ring (bicyclic) bond motifs is 3. The molecule has 3 aliphatic rings. The van der Waals surface area contributed by atoms with Crippen molar-refractivity contribution >= 4 is 0 Å². The first-order chi connectivity index (χ1) is 7.86. The predicted octanol–water partition coefficient (Wildman–Crippen LogP) is 2.30. The molecular weight excluding hydrogens is 196 g/mol. The fourth-order valence-electron chi connectivity index (χ4n) is 3.19. The third kappa shape index (κ3) is 1.76. The Bertz CT molecular complexity index is 350. The summed E-state index contributed by atoms with van der Waals surface area (Å²) in [6.07, 6.45) is 4.19. The van der Waals surface area contributed by atoms with Crippen LogP contribution >= 0.6 is 0 Å². The molecule has 0 amide bonds. The average Bonchev–Trinajstić information content (AvgIpc) is 2.40. The third-order valence-corrected chi connectivity index (χ3v) is 4.25. The van der Waals surface area contributed by atoms with E-state index in [9.17, 15) is 0 Å². The number of nitrogens with zero attached hydrogens (tertiary/aromatic N) is 1. The Morgan fingerprint density at radius 3 is 2.31 bits per heavy atom. The lowest BCUT2D eigenvalue weighted by atomic mass is 9.81. The van der Waals surface area contributed by atoms with Gasteiger partial charge < -0.3 is 5.73 Å². The molecule has 3 saturated heterocycles. The van der Waals surface area contributed by atoms with Gasteiger partial charge in [0.15, 0.2) is 0 Å². The zero-order chi connectivity index (χ0) is 11.0. The van der Waals surface area contributed by atoms with Gasteiger partial charge in [-0.15, -0.1) is 0 Å². The number of hydrogen-bond acceptors (Lipinski definition) is 2. The molecule has 1 aromatic carbocycles. The van der Waals surface area contributed by atoms with Crippen LogP contribution in [0.2, 0.25) is 0 Å². The average molecular weight is 216 g/mol. The molecule has 2 heteroatoms. The molecule has 0 spiro atoms. The summed E-state index contributed by atoms with van der Waals surface area (Å²) in [6.45, 7) is 3.25. The summed E-state index contributed by atoms with van der Waals surface area (Å²) in [7, 11) is 0. The lowest BCUT2D eigenvalue weighted by Crippen LogP contribution is -2.43. The highest BCUT2D eigenvalue weighted by molar-refractivity contribution is 5.25. The van der Waals surface area contributed by atoms with Gasteiger partial charge in [-0.1, -0.05) is 24.3 Å². The lowest BCUT2D eigenvalue weighted by molar-refractivity contribution is 0.0490. The Labute approximate surface area is 97.4 Å². The Morgan fingerprint density at radius 1 is 1.12 bits per heavy atom. The van der Waals surface area contributed by atoms with Crippen LogP contribution in [0.5, 0.6) is 0 Å². The van der Waals surface area contributed by atoms with Gasteiger partial charge in [-0.05, 0) is 49.4 Å². The maximum atomic E-state index is 5.63. The smallest absolute Gasteiger partial charge is 0.0350 e. The van der Waals surface area contributed by atoms with Gasteiger partial charge in [-0.3, -0.25) is 4.90 Å². The second-order valence-electron chi connectivity index (χ2n) is 5.18. The van der Waals surface area contributed by atoms with E-state index in [0.29, 0.717) is 12.6 Å². The van der Waals surface area contributed by atoms with E-state index in [1.807, 2.05) is 0 Å². The van der Waals surface area contributed by atoms with Crippen LogP contribution in [0, 0.1) is 5.92 Å². The topological polar surface area (TPSA) is 29.3 Å². The molecule has 2 bridgehead atoms. The molecule has 2 nitrogen and oxygen atoms in total. The number of hydrogen-bond donors (Lipinski definition) is 1. The van der Waals surface area contributed by atoms with Crippen molar-refractivity contribution in [3.63, 3.8) is 0 Å². The number of nitrogens with two attached hydrogens (primary N) is 1. The standard InChI is InChI=1S/C14H20N2/c15-10-12-1-3-13(4-2-12)14-9-11-5-7-16(14)8-6-11/h1-4,11,14H,5-10,15H2/t14-/m0/s1. The maximum Gasteiger partial charge on any atom is 0.0350 e. The molecule has 3 heterocycles. The van der Waals surface area contributed by atoms with Crippen molar-refractivity contribution in [1.29, 1.82) is 0 Å². The summed E-state index contributed by atoms with van der Waals surface area (Å²) < 4.78 is 0. The Hall–Kier alpha value is -0.860. The molecule has 3 aliphatic heterocycles. The van der Waals surface area contributed by atoms with Crippen molar-refractivity contribution in [2.75, 3.05) is 13.1 Å². The van der Waals surface area contributed by atoms with Gasteiger partial charge in [0.05, 0.1) is 0 Å². The summed E-state index contributed by atoms with van der Waals surface area (Å²) in [5, 5.41) is 0. The third-order valence-electron chi connectivity index (χ3n) is 4.25. The van der Waals surface area contributed by atoms with Gasteiger partial charge in [-0.2, -0.15) is 0 Å². The molecule has 0 saturated carbocycles. The molecule has 0 aromatic heterocycles. The molecule has 1 atom stereocenters. The molecule has 0 radical (unpaired) electrons. The van der Waals surface area contributed by atoms with Crippen molar-refractivity contribution in [2.24, 2.45) is 11.7 Å². The number of rotatable bonds is 2. The van der Waals surface area contributed by atoms with E-state index in [4.69, 9.17) is 5.73 Å². The molecule has 0 aliphatic carbocycles. The van der Waals surface area contributed by atoms with Gasteiger partial charge in [0.1, 0.15) is 0 Å². The fraction of sp³-hybridized carbons (Fsp3) is 0.571. The van der Waals surface area contributed by atoms with Crippen LogP contribution < -0.4 is 5.73 Å². The van der Waals surface area contributed by atoms with E-state index in [1.54, 1.807) is 0 Å². The second kappa shape index (κ2) is 4.19. The van der Waals surface area contributed by atoms with Crippen molar-refractivity contribution in [1.82, 2.24) is 4.90 Å². The van der Waals surface area contributed by atoms with Crippen LogP contribution in [0.15, 0.2) is 24.3 Å². The van der Waals surface area contributed by atoms with Gasteiger partial charge >= 0.3 is 0 Å². The Morgan fingerprint density at radius 2 is 1.81 bits per heavy atom. The second-order valence-corrected chi connectivity index (χ2v) is 5.18. The van der Waals surface area contributed by atoms with Gasteiger partial charge in [0.2, 0.25) is 0 Å². The minimum absolute atomic E-state index is 0.650. The van der Waals surface area contributed by atoms with Gasteiger partial charge in [0, 0.05) is 12.6 Å².